The molecule has 6 heteroatoms. The number of aliphatic hydroxyl groups excluding tert-OH is 1. The van der Waals surface area contributed by atoms with Crippen LogP contribution in [0, 0.1) is 0 Å². The molecule has 0 atom stereocenters. The third-order valence-electron chi connectivity index (χ3n) is 2.42. The van der Waals surface area contributed by atoms with E-state index in [1.54, 1.807) is 18.5 Å². The smallest absolute Gasteiger partial charge is 0.269 e. The maximum absolute atomic E-state index is 11.7. The summed E-state index contributed by atoms with van der Waals surface area (Å²) < 4.78 is 0. The van der Waals surface area contributed by atoms with Crippen molar-refractivity contribution in [3.05, 3.63) is 36.3 Å². The van der Waals surface area contributed by atoms with Crippen LogP contribution >= 0.6 is 0 Å². The van der Waals surface area contributed by atoms with Gasteiger partial charge in [0.15, 0.2) is 0 Å². The Balaban J connectivity index is 2.04. The third kappa shape index (κ3) is 2.92. The molecule has 0 fully saturated rings. The van der Waals surface area contributed by atoms with E-state index in [9.17, 15) is 4.79 Å². The van der Waals surface area contributed by atoms with Crippen LogP contribution in [0.25, 0.3) is 11.3 Å². The van der Waals surface area contributed by atoms with Gasteiger partial charge in [-0.25, -0.2) is 0 Å². The lowest BCUT2D eigenvalue weighted by atomic mass is 10.2. The van der Waals surface area contributed by atoms with Crippen LogP contribution in [0.2, 0.25) is 0 Å². The van der Waals surface area contributed by atoms with Gasteiger partial charge in [0.2, 0.25) is 0 Å². The Bertz CT molecular complexity index is 510. The molecule has 94 valence electrons. The van der Waals surface area contributed by atoms with Gasteiger partial charge in [-0.15, -0.1) is 0 Å². The maximum atomic E-state index is 11.7. The Morgan fingerprint density at radius 3 is 2.89 bits per heavy atom. The molecule has 2 aromatic heterocycles. The average Bonchev–Trinajstić information content (AvgIpc) is 2.89. The molecule has 2 rings (SSSR count). The van der Waals surface area contributed by atoms with Gasteiger partial charge < -0.3 is 10.4 Å². The van der Waals surface area contributed by atoms with E-state index in [1.165, 1.54) is 0 Å². The number of carbonyl (C=O) groups is 1. The Kier molecular flexibility index (Phi) is 4.03. The summed E-state index contributed by atoms with van der Waals surface area (Å²) in [5.74, 6) is -0.226. The molecule has 18 heavy (non-hydrogen) atoms. The zero-order valence-corrected chi connectivity index (χ0v) is 9.76. The minimum Gasteiger partial charge on any atom is -0.396 e. The molecular weight excluding hydrogens is 232 g/mol. The highest BCUT2D eigenvalue weighted by Gasteiger charge is 2.09. The number of hydrogen-bond donors (Lipinski definition) is 3. The molecule has 0 saturated carbocycles. The van der Waals surface area contributed by atoms with Gasteiger partial charge in [0.1, 0.15) is 5.69 Å². The molecule has 6 nitrogen and oxygen atoms in total. The molecule has 0 saturated heterocycles. The first-order valence-corrected chi connectivity index (χ1v) is 5.66. The van der Waals surface area contributed by atoms with Crippen molar-refractivity contribution in [3.8, 4) is 11.3 Å². The Hall–Kier alpha value is -2.21. The molecule has 0 spiro atoms. The molecule has 1 amide bonds. The van der Waals surface area contributed by atoms with E-state index in [4.69, 9.17) is 5.11 Å². The Morgan fingerprint density at radius 2 is 2.17 bits per heavy atom. The summed E-state index contributed by atoms with van der Waals surface area (Å²) in [7, 11) is 0. The van der Waals surface area contributed by atoms with Gasteiger partial charge in [-0.1, -0.05) is 0 Å². The first-order chi connectivity index (χ1) is 8.81. The number of H-pyrrole nitrogens is 1. The van der Waals surface area contributed by atoms with E-state index in [2.05, 4.69) is 20.5 Å². The summed E-state index contributed by atoms with van der Waals surface area (Å²) in [4.78, 5) is 15.6. The fraction of sp³-hybridized carbons (Fsp3) is 0.250. The number of rotatable bonds is 5. The lowest BCUT2D eigenvalue weighted by molar-refractivity contribution is 0.0946. The van der Waals surface area contributed by atoms with E-state index in [0.29, 0.717) is 24.4 Å². The van der Waals surface area contributed by atoms with E-state index in [1.807, 2.05) is 12.1 Å². The zero-order valence-electron chi connectivity index (χ0n) is 9.76. The summed E-state index contributed by atoms with van der Waals surface area (Å²) in [6.45, 7) is 0.504. The van der Waals surface area contributed by atoms with Crippen LogP contribution in [0.5, 0.6) is 0 Å². The molecule has 0 aliphatic heterocycles. The Morgan fingerprint density at radius 1 is 1.39 bits per heavy atom. The van der Waals surface area contributed by atoms with Crippen LogP contribution in [-0.4, -0.2) is 39.3 Å². The molecule has 0 bridgehead atoms. The molecule has 0 aliphatic carbocycles. The summed E-state index contributed by atoms with van der Waals surface area (Å²) >= 11 is 0. The fourth-order valence-corrected chi connectivity index (χ4v) is 1.48. The second-order valence-corrected chi connectivity index (χ2v) is 3.74. The first kappa shape index (κ1) is 12.3. The molecule has 0 radical (unpaired) electrons. The van der Waals surface area contributed by atoms with Gasteiger partial charge in [-0.3, -0.25) is 14.9 Å². The first-order valence-electron chi connectivity index (χ1n) is 5.66. The van der Waals surface area contributed by atoms with Crippen LogP contribution in [0.4, 0.5) is 0 Å². The molecule has 3 N–H and O–H groups in total. The number of nitrogens with one attached hydrogen (secondary N) is 2. The largest absolute Gasteiger partial charge is 0.396 e. The summed E-state index contributed by atoms with van der Waals surface area (Å²) in [5, 5.41) is 18.1. The van der Waals surface area contributed by atoms with Gasteiger partial charge in [-0.2, -0.15) is 5.10 Å². The van der Waals surface area contributed by atoms with E-state index in [0.717, 1.165) is 5.56 Å². The monoisotopic (exact) mass is 246 g/mol. The predicted molar refractivity (Wildman–Crippen MR) is 65.9 cm³/mol. The number of aromatic nitrogens is 3. The molecular formula is C12H14N4O2. The average molecular weight is 246 g/mol. The molecule has 2 heterocycles. The van der Waals surface area contributed by atoms with Crippen molar-refractivity contribution in [1.82, 2.24) is 20.5 Å². The third-order valence-corrected chi connectivity index (χ3v) is 2.42. The summed E-state index contributed by atoms with van der Waals surface area (Å²) in [5.41, 5.74) is 2.00. The van der Waals surface area contributed by atoms with Crippen LogP contribution in [0.3, 0.4) is 0 Å². The van der Waals surface area contributed by atoms with Gasteiger partial charge in [0, 0.05) is 31.1 Å². The number of amides is 1. The van der Waals surface area contributed by atoms with Crippen molar-refractivity contribution < 1.29 is 9.90 Å². The lowest BCUT2D eigenvalue weighted by Crippen LogP contribution is -2.25. The lowest BCUT2D eigenvalue weighted by Gasteiger charge is -2.00. The standard InChI is InChI=1S/C12H14N4O2/c17-7-1-4-14-12(18)11-8-10(15-16-11)9-2-5-13-6-3-9/h2-3,5-6,8,17H,1,4,7H2,(H,14,18)(H,15,16). The predicted octanol–water partition coefficient (Wildman–Crippen LogP) is 0.584. The summed E-state index contributed by atoms with van der Waals surface area (Å²) in [6.07, 6.45) is 3.88. The van der Waals surface area contributed by atoms with E-state index in [-0.39, 0.29) is 12.5 Å². The number of aliphatic hydroxyl groups is 1. The SMILES string of the molecule is O=C(NCCCO)c1cc(-c2ccncc2)n[nH]1. The van der Waals surface area contributed by atoms with Crippen molar-refractivity contribution in [3.63, 3.8) is 0 Å². The second kappa shape index (κ2) is 5.92. The topological polar surface area (TPSA) is 90.9 Å². The number of carbonyl (C=O) groups excluding carboxylic acids is 1. The maximum Gasteiger partial charge on any atom is 0.269 e. The Labute approximate surface area is 104 Å². The van der Waals surface area contributed by atoms with Crippen molar-refractivity contribution in [1.29, 1.82) is 0 Å². The van der Waals surface area contributed by atoms with Gasteiger partial charge in [-0.05, 0) is 24.6 Å². The highest BCUT2D eigenvalue weighted by molar-refractivity contribution is 5.93. The molecule has 0 aromatic carbocycles. The number of hydrogen-bond acceptors (Lipinski definition) is 4. The van der Waals surface area contributed by atoms with Crippen molar-refractivity contribution in [2.45, 2.75) is 6.42 Å². The fourth-order valence-electron chi connectivity index (χ4n) is 1.48. The van der Waals surface area contributed by atoms with Crippen molar-refractivity contribution >= 4 is 5.91 Å². The van der Waals surface area contributed by atoms with Crippen LogP contribution in [0.1, 0.15) is 16.9 Å². The molecule has 0 aliphatic rings. The minimum absolute atomic E-state index is 0.0610. The number of pyridine rings is 1. The second-order valence-electron chi connectivity index (χ2n) is 3.74. The van der Waals surface area contributed by atoms with Crippen LogP contribution in [-0.2, 0) is 0 Å². The van der Waals surface area contributed by atoms with Crippen LogP contribution < -0.4 is 5.32 Å². The van der Waals surface area contributed by atoms with Gasteiger partial charge in [0.05, 0.1) is 5.69 Å². The van der Waals surface area contributed by atoms with Crippen molar-refractivity contribution in [2.24, 2.45) is 0 Å². The van der Waals surface area contributed by atoms with Gasteiger partial charge in [0.25, 0.3) is 5.91 Å². The highest BCUT2D eigenvalue weighted by Crippen LogP contribution is 2.15. The quantitative estimate of drug-likeness (QED) is 0.673. The highest BCUT2D eigenvalue weighted by atomic mass is 16.3. The van der Waals surface area contributed by atoms with E-state index < -0.39 is 0 Å². The summed E-state index contributed by atoms with van der Waals surface area (Å²) in [6, 6.07) is 5.33. The number of aromatic amines is 1. The van der Waals surface area contributed by atoms with E-state index >= 15 is 0 Å². The molecule has 2 aromatic rings. The van der Waals surface area contributed by atoms with Crippen LogP contribution in [0.15, 0.2) is 30.6 Å². The molecule has 0 unspecified atom stereocenters. The number of nitrogens with zero attached hydrogens (tertiary/aromatic N) is 2. The van der Waals surface area contributed by atoms with Gasteiger partial charge >= 0.3 is 0 Å². The minimum atomic E-state index is -0.226. The normalized spacial score (nSPS) is 10.3. The van der Waals surface area contributed by atoms with Crippen molar-refractivity contribution in [2.75, 3.05) is 13.2 Å². The zero-order chi connectivity index (χ0) is 12.8.